The van der Waals surface area contributed by atoms with Gasteiger partial charge in [0.05, 0.1) is 0 Å². The van der Waals surface area contributed by atoms with Gasteiger partial charge in [0, 0.05) is 19.5 Å². The molecular formula is C10H19N5O3S2. The number of hydrogen-bond donors (Lipinski definition) is 3. The second-order valence-electron chi connectivity index (χ2n) is 4.41. The van der Waals surface area contributed by atoms with Crippen LogP contribution in [0.5, 0.6) is 0 Å². The number of aromatic nitrogens is 2. The molecule has 0 spiro atoms. The minimum absolute atomic E-state index is 0.155. The van der Waals surface area contributed by atoms with Crippen molar-refractivity contribution < 1.29 is 13.2 Å². The highest BCUT2D eigenvalue weighted by atomic mass is 32.2. The SMILES string of the molecule is CC(=O)Nc1nnc(S(=O)(=O)NCCCNC(C)C)s1. The standard InChI is InChI=1S/C10H19N5O3S2/c1-7(2)11-5-4-6-12-20(17,18)10-15-14-9(19-10)13-8(3)16/h7,11-12H,4-6H2,1-3H3,(H,13,14,16). The molecule has 10 heteroatoms. The molecule has 114 valence electrons. The van der Waals surface area contributed by atoms with Crippen LogP contribution in [-0.4, -0.2) is 43.7 Å². The summed E-state index contributed by atoms with van der Waals surface area (Å²) in [6.45, 7) is 6.41. The third-order valence-corrected chi connectivity index (χ3v) is 4.78. The maximum absolute atomic E-state index is 11.9. The molecule has 8 nitrogen and oxygen atoms in total. The zero-order valence-corrected chi connectivity index (χ0v) is 13.3. The molecule has 0 saturated carbocycles. The Morgan fingerprint density at radius 1 is 1.30 bits per heavy atom. The highest BCUT2D eigenvalue weighted by molar-refractivity contribution is 7.91. The monoisotopic (exact) mass is 321 g/mol. The van der Waals surface area contributed by atoms with Crippen LogP contribution in [0.1, 0.15) is 27.2 Å². The molecule has 1 amide bonds. The molecule has 0 unspecified atom stereocenters. The van der Waals surface area contributed by atoms with Gasteiger partial charge in [0.25, 0.3) is 10.0 Å². The van der Waals surface area contributed by atoms with Crippen molar-refractivity contribution in [2.24, 2.45) is 0 Å². The van der Waals surface area contributed by atoms with Crippen molar-refractivity contribution in [3.63, 3.8) is 0 Å². The summed E-state index contributed by atoms with van der Waals surface area (Å²) in [6, 6.07) is 0.370. The molecule has 1 rings (SSSR count). The van der Waals surface area contributed by atoms with E-state index >= 15 is 0 Å². The van der Waals surface area contributed by atoms with Gasteiger partial charge in [-0.05, 0) is 13.0 Å². The van der Waals surface area contributed by atoms with E-state index in [2.05, 4.69) is 25.6 Å². The van der Waals surface area contributed by atoms with Crippen LogP contribution in [0, 0.1) is 0 Å². The molecule has 0 bridgehead atoms. The Labute approximate surface area is 122 Å². The van der Waals surface area contributed by atoms with Crippen molar-refractivity contribution in [3.05, 3.63) is 0 Å². The number of sulfonamides is 1. The van der Waals surface area contributed by atoms with Gasteiger partial charge in [0.15, 0.2) is 0 Å². The van der Waals surface area contributed by atoms with E-state index < -0.39 is 10.0 Å². The van der Waals surface area contributed by atoms with Gasteiger partial charge in [-0.3, -0.25) is 4.79 Å². The molecule has 1 aromatic rings. The Kier molecular flexibility index (Phi) is 6.46. The first-order valence-corrected chi connectivity index (χ1v) is 8.45. The number of nitrogens with zero attached hydrogens (tertiary/aromatic N) is 2. The molecule has 0 radical (unpaired) electrons. The molecule has 3 N–H and O–H groups in total. The predicted octanol–water partition coefficient (Wildman–Crippen LogP) is 0.163. The van der Waals surface area contributed by atoms with Crippen LogP contribution in [0.25, 0.3) is 0 Å². The van der Waals surface area contributed by atoms with Gasteiger partial charge in [0.1, 0.15) is 0 Å². The lowest BCUT2D eigenvalue weighted by Crippen LogP contribution is -2.29. The summed E-state index contributed by atoms with van der Waals surface area (Å²) in [7, 11) is -3.66. The van der Waals surface area contributed by atoms with Crippen LogP contribution >= 0.6 is 11.3 Å². The zero-order valence-electron chi connectivity index (χ0n) is 11.6. The Bertz CT molecular complexity index is 541. The Morgan fingerprint density at radius 3 is 2.60 bits per heavy atom. The number of rotatable bonds is 8. The summed E-state index contributed by atoms with van der Waals surface area (Å²) in [5.41, 5.74) is 0. The van der Waals surface area contributed by atoms with Crippen molar-refractivity contribution in [2.45, 2.75) is 37.6 Å². The Morgan fingerprint density at radius 2 is 2.00 bits per heavy atom. The van der Waals surface area contributed by atoms with E-state index in [1.54, 1.807) is 0 Å². The van der Waals surface area contributed by atoms with Gasteiger partial charge < -0.3 is 10.6 Å². The normalized spacial score (nSPS) is 11.8. The van der Waals surface area contributed by atoms with Crippen LogP contribution in [0.4, 0.5) is 5.13 Å². The third-order valence-electron chi connectivity index (χ3n) is 2.12. The lowest BCUT2D eigenvalue weighted by Gasteiger charge is -2.07. The molecule has 0 aromatic carbocycles. The summed E-state index contributed by atoms with van der Waals surface area (Å²) < 4.78 is 26.1. The summed E-state index contributed by atoms with van der Waals surface area (Å²) in [6.07, 6.45) is 0.675. The van der Waals surface area contributed by atoms with Crippen molar-refractivity contribution in [1.82, 2.24) is 20.2 Å². The summed E-state index contributed by atoms with van der Waals surface area (Å²) in [4.78, 5) is 10.8. The molecule has 20 heavy (non-hydrogen) atoms. The summed E-state index contributed by atoms with van der Waals surface area (Å²) in [5, 5.41) is 12.9. The molecule has 0 aliphatic carbocycles. The van der Waals surface area contributed by atoms with Crippen LogP contribution in [-0.2, 0) is 14.8 Å². The molecule has 0 aliphatic heterocycles. The number of nitrogens with one attached hydrogen (secondary N) is 3. The van der Waals surface area contributed by atoms with Crippen molar-refractivity contribution in [2.75, 3.05) is 18.4 Å². The Balaban J connectivity index is 2.47. The topological polar surface area (TPSA) is 113 Å². The number of carbonyl (C=O) groups excluding carboxylic acids is 1. The fourth-order valence-electron chi connectivity index (χ4n) is 1.27. The first-order chi connectivity index (χ1) is 9.31. The van der Waals surface area contributed by atoms with E-state index in [1.165, 1.54) is 6.92 Å². The second kappa shape index (κ2) is 7.62. The van der Waals surface area contributed by atoms with E-state index in [0.717, 1.165) is 17.9 Å². The van der Waals surface area contributed by atoms with Crippen molar-refractivity contribution in [1.29, 1.82) is 0 Å². The van der Waals surface area contributed by atoms with Gasteiger partial charge in [-0.15, -0.1) is 10.2 Å². The maximum atomic E-state index is 11.9. The molecular weight excluding hydrogens is 302 g/mol. The van der Waals surface area contributed by atoms with Crippen LogP contribution in [0.3, 0.4) is 0 Å². The summed E-state index contributed by atoms with van der Waals surface area (Å²) in [5.74, 6) is -0.321. The Hall–Kier alpha value is -1.10. The van der Waals surface area contributed by atoms with Crippen LogP contribution < -0.4 is 15.4 Å². The number of amides is 1. The maximum Gasteiger partial charge on any atom is 0.269 e. The number of hydrogen-bond acceptors (Lipinski definition) is 7. The smallest absolute Gasteiger partial charge is 0.269 e. The van der Waals surface area contributed by atoms with E-state index in [9.17, 15) is 13.2 Å². The van der Waals surface area contributed by atoms with E-state index in [1.807, 2.05) is 13.8 Å². The average Bonchev–Trinajstić information content (AvgIpc) is 2.76. The average molecular weight is 321 g/mol. The minimum Gasteiger partial charge on any atom is -0.314 e. The molecule has 0 atom stereocenters. The highest BCUT2D eigenvalue weighted by Gasteiger charge is 2.19. The lowest BCUT2D eigenvalue weighted by atomic mass is 10.3. The predicted molar refractivity (Wildman–Crippen MR) is 77.2 cm³/mol. The van der Waals surface area contributed by atoms with E-state index in [0.29, 0.717) is 19.0 Å². The minimum atomic E-state index is -3.66. The van der Waals surface area contributed by atoms with Crippen LogP contribution in [0.2, 0.25) is 0 Å². The quantitative estimate of drug-likeness (QED) is 0.464. The molecule has 0 saturated heterocycles. The molecule has 0 aliphatic rings. The van der Waals surface area contributed by atoms with Gasteiger partial charge >= 0.3 is 0 Å². The van der Waals surface area contributed by atoms with Gasteiger partial charge in [-0.2, -0.15) is 0 Å². The third kappa shape index (κ3) is 5.90. The second-order valence-corrected chi connectivity index (χ2v) is 7.33. The number of carbonyl (C=O) groups is 1. The van der Waals surface area contributed by atoms with Gasteiger partial charge in [-0.1, -0.05) is 25.2 Å². The van der Waals surface area contributed by atoms with Crippen molar-refractivity contribution in [3.8, 4) is 0 Å². The van der Waals surface area contributed by atoms with E-state index in [4.69, 9.17) is 0 Å². The molecule has 1 heterocycles. The van der Waals surface area contributed by atoms with Gasteiger partial charge in [-0.25, -0.2) is 13.1 Å². The largest absolute Gasteiger partial charge is 0.314 e. The number of anilines is 1. The molecule has 0 fully saturated rings. The fourth-order valence-corrected chi connectivity index (χ4v) is 3.33. The van der Waals surface area contributed by atoms with Crippen molar-refractivity contribution >= 4 is 32.4 Å². The van der Waals surface area contributed by atoms with Crippen LogP contribution in [0.15, 0.2) is 4.34 Å². The lowest BCUT2D eigenvalue weighted by molar-refractivity contribution is -0.114. The van der Waals surface area contributed by atoms with Gasteiger partial charge in [0.2, 0.25) is 15.4 Å². The highest BCUT2D eigenvalue weighted by Crippen LogP contribution is 2.19. The summed E-state index contributed by atoms with van der Waals surface area (Å²) >= 11 is 0.817. The zero-order chi connectivity index (χ0) is 15.2. The first kappa shape index (κ1) is 17.0. The fraction of sp³-hybridized carbons (Fsp3) is 0.700. The first-order valence-electron chi connectivity index (χ1n) is 6.15. The van der Waals surface area contributed by atoms with E-state index in [-0.39, 0.29) is 15.4 Å². The molecule has 1 aromatic heterocycles.